The molecule has 0 spiro atoms. The van der Waals surface area contributed by atoms with Crippen molar-refractivity contribution in [1.82, 2.24) is 5.32 Å². The van der Waals surface area contributed by atoms with Gasteiger partial charge in [-0.2, -0.15) is 0 Å². The van der Waals surface area contributed by atoms with E-state index in [1.54, 1.807) is 11.9 Å². The summed E-state index contributed by atoms with van der Waals surface area (Å²) >= 11 is 0. The van der Waals surface area contributed by atoms with Gasteiger partial charge < -0.3 is 10.2 Å². The molecule has 19 heavy (non-hydrogen) atoms. The first kappa shape index (κ1) is 13.6. The van der Waals surface area contributed by atoms with E-state index in [0.717, 1.165) is 12.1 Å². The molecule has 1 saturated carbocycles. The first-order valence-corrected chi connectivity index (χ1v) is 6.75. The Balaban J connectivity index is 1.91. The smallest absolute Gasteiger partial charge is 0.230 e. The van der Waals surface area contributed by atoms with Gasteiger partial charge in [0.15, 0.2) is 0 Å². The zero-order valence-electron chi connectivity index (χ0n) is 11.4. The van der Waals surface area contributed by atoms with Gasteiger partial charge in [-0.05, 0) is 25.0 Å². The fourth-order valence-electron chi connectivity index (χ4n) is 2.16. The van der Waals surface area contributed by atoms with Gasteiger partial charge in [0.1, 0.15) is 0 Å². The number of benzene rings is 1. The maximum atomic E-state index is 12.2. The third-order valence-corrected chi connectivity index (χ3v) is 3.47. The van der Waals surface area contributed by atoms with E-state index in [0.29, 0.717) is 13.0 Å². The van der Waals surface area contributed by atoms with Crippen molar-refractivity contribution in [3.63, 3.8) is 0 Å². The van der Waals surface area contributed by atoms with Crippen molar-refractivity contribution in [3.8, 4) is 0 Å². The molecule has 102 valence electrons. The molecule has 1 aromatic rings. The normalized spacial score (nSPS) is 20.7. The van der Waals surface area contributed by atoms with E-state index in [1.165, 1.54) is 0 Å². The summed E-state index contributed by atoms with van der Waals surface area (Å²) < 4.78 is 0. The molecular formula is C15H20N2O2. The third kappa shape index (κ3) is 3.13. The predicted octanol–water partition coefficient (Wildman–Crippen LogP) is 1.81. The molecule has 4 heteroatoms. The van der Waals surface area contributed by atoms with Crippen molar-refractivity contribution in [2.45, 2.75) is 19.8 Å². The molecule has 0 saturated heterocycles. The van der Waals surface area contributed by atoms with E-state index < -0.39 is 0 Å². The largest absolute Gasteiger partial charge is 0.356 e. The van der Waals surface area contributed by atoms with Crippen molar-refractivity contribution in [2.24, 2.45) is 11.8 Å². The number of hydrogen-bond acceptors (Lipinski definition) is 2. The van der Waals surface area contributed by atoms with Gasteiger partial charge in [0.05, 0.1) is 11.8 Å². The van der Waals surface area contributed by atoms with Gasteiger partial charge in [-0.1, -0.05) is 25.1 Å². The minimum Gasteiger partial charge on any atom is -0.356 e. The summed E-state index contributed by atoms with van der Waals surface area (Å²) in [7, 11) is 1.76. The monoisotopic (exact) mass is 260 g/mol. The fourth-order valence-corrected chi connectivity index (χ4v) is 2.16. The quantitative estimate of drug-likeness (QED) is 0.877. The Morgan fingerprint density at radius 2 is 1.95 bits per heavy atom. The number of nitrogens with zero attached hydrogens (tertiary/aromatic N) is 1. The summed E-state index contributed by atoms with van der Waals surface area (Å²) in [6.07, 6.45) is 1.59. The lowest BCUT2D eigenvalue weighted by Crippen LogP contribution is -2.31. The summed E-state index contributed by atoms with van der Waals surface area (Å²) in [5, 5.41) is 2.85. The SMILES string of the molecule is CCCNC(=O)C1CC1C(=O)N(C)c1ccccc1. The molecule has 0 radical (unpaired) electrons. The number of carbonyl (C=O) groups excluding carboxylic acids is 2. The Morgan fingerprint density at radius 1 is 1.26 bits per heavy atom. The summed E-state index contributed by atoms with van der Waals surface area (Å²) in [4.78, 5) is 25.6. The van der Waals surface area contributed by atoms with Crippen LogP contribution in [-0.4, -0.2) is 25.4 Å². The summed E-state index contributed by atoms with van der Waals surface area (Å²) in [5.74, 6) is -0.239. The average molecular weight is 260 g/mol. The van der Waals surface area contributed by atoms with Crippen LogP contribution in [0.5, 0.6) is 0 Å². The fraction of sp³-hybridized carbons (Fsp3) is 0.467. The molecule has 1 aliphatic rings. The molecule has 2 atom stereocenters. The van der Waals surface area contributed by atoms with Gasteiger partial charge in [0.25, 0.3) is 0 Å². The number of para-hydroxylation sites is 1. The zero-order valence-corrected chi connectivity index (χ0v) is 11.4. The molecule has 4 nitrogen and oxygen atoms in total. The van der Waals surface area contributed by atoms with Crippen molar-refractivity contribution < 1.29 is 9.59 Å². The van der Waals surface area contributed by atoms with Crippen LogP contribution in [0.4, 0.5) is 5.69 Å². The average Bonchev–Trinajstić information content (AvgIpc) is 3.24. The molecule has 2 amide bonds. The zero-order chi connectivity index (χ0) is 13.8. The van der Waals surface area contributed by atoms with Gasteiger partial charge >= 0.3 is 0 Å². The lowest BCUT2D eigenvalue weighted by atomic mass is 10.2. The third-order valence-electron chi connectivity index (χ3n) is 3.47. The summed E-state index contributed by atoms with van der Waals surface area (Å²) in [6, 6.07) is 9.51. The van der Waals surface area contributed by atoms with Crippen LogP contribution in [0.1, 0.15) is 19.8 Å². The van der Waals surface area contributed by atoms with Gasteiger partial charge in [-0.25, -0.2) is 0 Å². The van der Waals surface area contributed by atoms with E-state index in [4.69, 9.17) is 0 Å². The van der Waals surface area contributed by atoms with Crippen molar-refractivity contribution >= 4 is 17.5 Å². The standard InChI is InChI=1S/C15H20N2O2/c1-3-9-16-14(18)12-10-13(12)15(19)17(2)11-7-5-4-6-8-11/h4-8,12-13H,3,9-10H2,1-2H3,(H,16,18). The molecule has 1 aromatic carbocycles. The highest BCUT2D eigenvalue weighted by atomic mass is 16.2. The van der Waals surface area contributed by atoms with Crippen molar-refractivity contribution in [3.05, 3.63) is 30.3 Å². The molecule has 2 rings (SSSR count). The number of rotatable bonds is 5. The number of hydrogen-bond donors (Lipinski definition) is 1. The topological polar surface area (TPSA) is 49.4 Å². The minimum absolute atomic E-state index is 0.0154. The Morgan fingerprint density at radius 3 is 2.58 bits per heavy atom. The maximum absolute atomic E-state index is 12.2. The molecule has 0 aliphatic heterocycles. The molecule has 0 heterocycles. The van der Waals surface area contributed by atoms with Crippen LogP contribution >= 0.6 is 0 Å². The van der Waals surface area contributed by atoms with Crippen LogP contribution in [0.25, 0.3) is 0 Å². The highest BCUT2D eigenvalue weighted by Gasteiger charge is 2.49. The Labute approximate surface area is 113 Å². The van der Waals surface area contributed by atoms with Crippen LogP contribution in [0, 0.1) is 11.8 Å². The van der Waals surface area contributed by atoms with Crippen molar-refractivity contribution in [1.29, 1.82) is 0 Å². The van der Waals surface area contributed by atoms with E-state index in [2.05, 4.69) is 5.32 Å². The first-order chi connectivity index (χ1) is 9.15. The predicted molar refractivity (Wildman–Crippen MR) is 74.7 cm³/mol. The minimum atomic E-state index is -0.151. The summed E-state index contributed by atoms with van der Waals surface area (Å²) in [5.41, 5.74) is 0.868. The van der Waals surface area contributed by atoms with E-state index >= 15 is 0 Å². The van der Waals surface area contributed by atoms with Crippen LogP contribution in [0.3, 0.4) is 0 Å². The molecule has 1 aliphatic carbocycles. The van der Waals surface area contributed by atoms with Crippen molar-refractivity contribution in [2.75, 3.05) is 18.5 Å². The van der Waals surface area contributed by atoms with Crippen LogP contribution in [0.2, 0.25) is 0 Å². The molecule has 1 N–H and O–H groups in total. The van der Waals surface area contributed by atoms with Crippen LogP contribution in [-0.2, 0) is 9.59 Å². The lowest BCUT2D eigenvalue weighted by molar-refractivity contribution is -0.125. The van der Waals surface area contributed by atoms with E-state index in [9.17, 15) is 9.59 Å². The highest BCUT2D eigenvalue weighted by molar-refractivity contribution is 6.00. The van der Waals surface area contributed by atoms with E-state index in [-0.39, 0.29) is 23.7 Å². The first-order valence-electron chi connectivity index (χ1n) is 6.75. The van der Waals surface area contributed by atoms with Gasteiger partial charge in [-0.3, -0.25) is 9.59 Å². The number of anilines is 1. The summed E-state index contributed by atoms with van der Waals surface area (Å²) in [6.45, 7) is 2.70. The van der Waals surface area contributed by atoms with Gasteiger partial charge in [-0.15, -0.1) is 0 Å². The number of amides is 2. The molecule has 0 aromatic heterocycles. The van der Waals surface area contributed by atoms with Gasteiger partial charge in [0.2, 0.25) is 11.8 Å². The van der Waals surface area contributed by atoms with Crippen LogP contribution in [0.15, 0.2) is 30.3 Å². The van der Waals surface area contributed by atoms with Crippen LogP contribution < -0.4 is 10.2 Å². The molecule has 2 unspecified atom stereocenters. The molecule has 1 fully saturated rings. The molecule has 0 bridgehead atoms. The highest BCUT2D eigenvalue weighted by Crippen LogP contribution is 2.40. The van der Waals surface area contributed by atoms with E-state index in [1.807, 2.05) is 37.3 Å². The number of carbonyl (C=O) groups is 2. The maximum Gasteiger partial charge on any atom is 0.230 e. The Bertz CT molecular complexity index is 458. The Hall–Kier alpha value is -1.84. The number of nitrogens with one attached hydrogen (secondary N) is 1. The second-order valence-electron chi connectivity index (χ2n) is 4.97. The second kappa shape index (κ2) is 5.87. The molecular weight excluding hydrogens is 240 g/mol. The second-order valence-corrected chi connectivity index (χ2v) is 4.97. The Kier molecular flexibility index (Phi) is 4.20. The van der Waals surface area contributed by atoms with Gasteiger partial charge in [0, 0.05) is 19.3 Å². The lowest BCUT2D eigenvalue weighted by Gasteiger charge is -2.17.